The Morgan fingerprint density at radius 2 is 1.76 bits per heavy atom. The van der Waals surface area contributed by atoms with Crippen LogP contribution in [0.25, 0.3) is 0 Å². The molecule has 2 rings (SSSR count). The van der Waals surface area contributed by atoms with E-state index in [1.165, 1.54) is 36.9 Å². The van der Waals surface area contributed by atoms with E-state index in [2.05, 4.69) is 56.9 Å². The first-order valence-electron chi connectivity index (χ1n) is 8.63. The maximum absolute atomic E-state index is 6.56. The number of hydrogen-bond acceptors (Lipinski definition) is 2. The van der Waals surface area contributed by atoms with Crippen LogP contribution in [0.2, 0.25) is 0 Å². The molecule has 1 aliphatic carbocycles. The summed E-state index contributed by atoms with van der Waals surface area (Å²) in [4.78, 5) is 2.65. The van der Waals surface area contributed by atoms with Gasteiger partial charge in [0.15, 0.2) is 0 Å². The van der Waals surface area contributed by atoms with Crippen molar-refractivity contribution in [2.24, 2.45) is 11.7 Å². The van der Waals surface area contributed by atoms with Gasteiger partial charge in [0.1, 0.15) is 0 Å². The predicted octanol–water partition coefficient (Wildman–Crippen LogP) is 4.15. The predicted molar refractivity (Wildman–Crippen MR) is 91.4 cm³/mol. The van der Waals surface area contributed by atoms with Crippen molar-refractivity contribution in [3.05, 3.63) is 35.4 Å². The highest BCUT2D eigenvalue weighted by Crippen LogP contribution is 2.32. The number of rotatable bonds is 8. The summed E-state index contributed by atoms with van der Waals surface area (Å²) < 4.78 is 0. The normalized spacial score (nSPS) is 18.2. The van der Waals surface area contributed by atoms with Crippen molar-refractivity contribution in [2.75, 3.05) is 6.54 Å². The number of aryl methyl sites for hydroxylation is 1. The molecule has 2 nitrogen and oxygen atoms in total. The summed E-state index contributed by atoms with van der Waals surface area (Å²) in [6.07, 6.45) is 5.06. The minimum atomic E-state index is 0.115. The van der Waals surface area contributed by atoms with E-state index in [9.17, 15) is 0 Å². The molecule has 1 aromatic carbocycles. The van der Waals surface area contributed by atoms with Crippen LogP contribution in [-0.4, -0.2) is 23.5 Å². The summed E-state index contributed by atoms with van der Waals surface area (Å²) in [7, 11) is 0. The van der Waals surface area contributed by atoms with Gasteiger partial charge in [-0.2, -0.15) is 0 Å². The monoisotopic (exact) mass is 288 g/mol. The van der Waals surface area contributed by atoms with Crippen LogP contribution in [0.1, 0.15) is 64.1 Å². The second-order valence-corrected chi connectivity index (χ2v) is 7.01. The Kier molecular flexibility index (Phi) is 5.83. The van der Waals surface area contributed by atoms with Crippen LogP contribution in [0.4, 0.5) is 0 Å². The molecule has 0 heterocycles. The molecule has 1 aromatic rings. The zero-order valence-electron chi connectivity index (χ0n) is 14.2. The van der Waals surface area contributed by atoms with Crippen LogP contribution in [0.5, 0.6) is 0 Å². The van der Waals surface area contributed by atoms with Gasteiger partial charge in [0.25, 0.3) is 0 Å². The largest absolute Gasteiger partial charge is 0.323 e. The number of hydrogen-bond donors (Lipinski definition) is 1. The maximum Gasteiger partial charge on any atom is 0.0450 e. The molecule has 0 spiro atoms. The molecule has 2 heteroatoms. The molecule has 0 aliphatic heterocycles. The van der Waals surface area contributed by atoms with Gasteiger partial charge in [-0.3, -0.25) is 4.90 Å². The van der Waals surface area contributed by atoms with Crippen LogP contribution < -0.4 is 5.73 Å². The van der Waals surface area contributed by atoms with E-state index in [4.69, 9.17) is 5.73 Å². The van der Waals surface area contributed by atoms with Gasteiger partial charge < -0.3 is 5.73 Å². The second kappa shape index (κ2) is 7.42. The van der Waals surface area contributed by atoms with Crippen molar-refractivity contribution in [3.8, 4) is 0 Å². The zero-order valence-corrected chi connectivity index (χ0v) is 14.2. The quantitative estimate of drug-likeness (QED) is 0.778. The molecular weight excluding hydrogens is 256 g/mol. The zero-order chi connectivity index (χ0) is 15.4. The van der Waals surface area contributed by atoms with Crippen LogP contribution in [0, 0.1) is 5.92 Å². The molecule has 118 valence electrons. The molecule has 1 aliphatic rings. The fraction of sp³-hybridized carbons (Fsp3) is 0.684. The molecule has 21 heavy (non-hydrogen) atoms. The summed E-state index contributed by atoms with van der Waals surface area (Å²) >= 11 is 0. The van der Waals surface area contributed by atoms with Crippen molar-refractivity contribution in [1.29, 1.82) is 0 Å². The summed E-state index contributed by atoms with van der Waals surface area (Å²) in [6, 6.07) is 10.2. The van der Waals surface area contributed by atoms with Crippen LogP contribution in [0.15, 0.2) is 24.3 Å². The molecule has 0 saturated heterocycles. The molecule has 0 radical (unpaired) electrons. The smallest absolute Gasteiger partial charge is 0.0450 e. The van der Waals surface area contributed by atoms with Gasteiger partial charge in [0.05, 0.1) is 0 Å². The lowest BCUT2D eigenvalue weighted by atomic mass is 9.97. The lowest BCUT2D eigenvalue weighted by Crippen LogP contribution is -2.43. The number of nitrogens with two attached hydrogens (primary N) is 1. The Labute approximate surface area is 130 Å². The minimum Gasteiger partial charge on any atom is -0.323 e. The van der Waals surface area contributed by atoms with E-state index in [0.717, 1.165) is 18.4 Å². The Bertz CT molecular complexity index is 420. The molecule has 1 fully saturated rings. The van der Waals surface area contributed by atoms with Gasteiger partial charge in [-0.05, 0) is 56.2 Å². The molecular formula is C19H32N2. The van der Waals surface area contributed by atoms with E-state index in [0.29, 0.717) is 6.04 Å². The Balaban J connectivity index is 2.02. The fourth-order valence-corrected chi connectivity index (χ4v) is 2.99. The van der Waals surface area contributed by atoms with E-state index in [1.54, 1.807) is 0 Å². The Hall–Kier alpha value is -0.860. The summed E-state index contributed by atoms with van der Waals surface area (Å²) in [5.41, 5.74) is 9.22. The molecule has 0 bridgehead atoms. The highest BCUT2D eigenvalue weighted by Gasteiger charge is 2.34. The summed E-state index contributed by atoms with van der Waals surface area (Å²) in [6.45, 7) is 10.3. The first-order valence-corrected chi connectivity index (χ1v) is 8.63. The van der Waals surface area contributed by atoms with E-state index in [1.807, 2.05) is 0 Å². The lowest BCUT2D eigenvalue weighted by molar-refractivity contribution is 0.165. The Morgan fingerprint density at radius 3 is 2.24 bits per heavy atom. The molecule has 0 aromatic heterocycles. The average Bonchev–Trinajstić information content (AvgIpc) is 3.31. The molecule has 0 amide bonds. The third kappa shape index (κ3) is 4.55. The van der Waals surface area contributed by atoms with Crippen molar-refractivity contribution in [2.45, 2.75) is 71.5 Å². The first-order chi connectivity index (χ1) is 10.0. The minimum absolute atomic E-state index is 0.115. The highest BCUT2D eigenvalue weighted by atomic mass is 15.2. The fourth-order valence-electron chi connectivity index (χ4n) is 2.99. The highest BCUT2D eigenvalue weighted by molar-refractivity contribution is 5.25. The first kappa shape index (κ1) is 16.5. The van der Waals surface area contributed by atoms with Gasteiger partial charge >= 0.3 is 0 Å². The van der Waals surface area contributed by atoms with Gasteiger partial charge in [-0.25, -0.2) is 0 Å². The number of benzene rings is 1. The van der Waals surface area contributed by atoms with Gasteiger partial charge in [-0.1, -0.05) is 45.0 Å². The molecule has 1 saturated carbocycles. The van der Waals surface area contributed by atoms with Gasteiger partial charge in [-0.15, -0.1) is 0 Å². The Morgan fingerprint density at radius 1 is 1.14 bits per heavy atom. The third-order valence-electron chi connectivity index (χ3n) is 4.80. The maximum atomic E-state index is 6.56. The average molecular weight is 288 g/mol. The van der Waals surface area contributed by atoms with Crippen LogP contribution in [-0.2, 0) is 6.42 Å². The standard InChI is InChI=1S/C19H32N2/c1-5-16-6-8-17(9-7-16)19(20)15(4)21(18-10-11-18)13-12-14(2)3/h6-9,14-15,18-19H,5,10-13,20H2,1-4H3. The third-order valence-corrected chi connectivity index (χ3v) is 4.80. The van der Waals surface area contributed by atoms with Crippen LogP contribution >= 0.6 is 0 Å². The van der Waals surface area contributed by atoms with Crippen LogP contribution in [0.3, 0.4) is 0 Å². The van der Waals surface area contributed by atoms with E-state index < -0.39 is 0 Å². The van der Waals surface area contributed by atoms with Crippen molar-refractivity contribution in [1.82, 2.24) is 4.90 Å². The topological polar surface area (TPSA) is 29.3 Å². The van der Waals surface area contributed by atoms with Crippen molar-refractivity contribution >= 4 is 0 Å². The summed E-state index contributed by atoms with van der Waals surface area (Å²) in [5, 5.41) is 0. The molecule has 2 unspecified atom stereocenters. The lowest BCUT2D eigenvalue weighted by Gasteiger charge is -2.34. The van der Waals surface area contributed by atoms with Gasteiger partial charge in [0, 0.05) is 18.1 Å². The molecule has 2 atom stereocenters. The number of nitrogens with zero attached hydrogens (tertiary/aromatic N) is 1. The summed E-state index contributed by atoms with van der Waals surface area (Å²) in [5.74, 6) is 0.763. The van der Waals surface area contributed by atoms with E-state index >= 15 is 0 Å². The second-order valence-electron chi connectivity index (χ2n) is 7.01. The van der Waals surface area contributed by atoms with Gasteiger partial charge in [0.2, 0.25) is 0 Å². The SMILES string of the molecule is CCc1ccc(C(N)C(C)N(CCC(C)C)C2CC2)cc1. The van der Waals surface area contributed by atoms with Crippen molar-refractivity contribution < 1.29 is 0 Å². The van der Waals surface area contributed by atoms with E-state index in [-0.39, 0.29) is 6.04 Å². The van der Waals surface area contributed by atoms with Crippen molar-refractivity contribution in [3.63, 3.8) is 0 Å². The molecule has 2 N–H and O–H groups in total.